The molecule has 9 nitrogen and oxygen atoms in total. The molecule has 10 heteroatoms. The summed E-state index contributed by atoms with van der Waals surface area (Å²) in [7, 11) is -3.94. The van der Waals surface area contributed by atoms with E-state index in [-0.39, 0.29) is 16.3 Å². The first-order chi connectivity index (χ1) is 9.94. The van der Waals surface area contributed by atoms with Gasteiger partial charge in [-0.25, -0.2) is 8.42 Å². The average molecular weight is 309 g/mol. The van der Waals surface area contributed by atoms with Crippen molar-refractivity contribution in [1.29, 1.82) is 0 Å². The molecule has 0 unspecified atom stereocenters. The average Bonchev–Trinajstić information content (AvgIpc) is 2.47. The molecule has 0 aliphatic carbocycles. The van der Waals surface area contributed by atoms with Gasteiger partial charge < -0.3 is 5.43 Å². The number of pyridine rings is 1. The maximum atomic E-state index is 12.3. The summed E-state index contributed by atoms with van der Waals surface area (Å²) >= 11 is 0. The molecule has 1 heterocycles. The normalized spacial score (nSPS) is 10.9. The van der Waals surface area contributed by atoms with Crippen LogP contribution in [-0.4, -0.2) is 18.3 Å². The number of benzene rings is 1. The van der Waals surface area contributed by atoms with Crippen LogP contribution < -0.4 is 16.0 Å². The van der Waals surface area contributed by atoms with Gasteiger partial charge in [0, 0.05) is 24.5 Å². The number of aromatic nitrogens is 1. The van der Waals surface area contributed by atoms with Crippen LogP contribution >= 0.6 is 0 Å². The highest BCUT2D eigenvalue weighted by Gasteiger charge is 2.21. The fraction of sp³-hybridized carbons (Fsp3) is 0. The molecular weight excluding hydrogens is 298 g/mol. The van der Waals surface area contributed by atoms with Crippen LogP contribution in [-0.2, 0) is 10.0 Å². The van der Waals surface area contributed by atoms with E-state index in [9.17, 15) is 18.5 Å². The minimum Gasteiger partial charge on any atom is -0.323 e. The number of hydrogen-bond donors (Lipinski definition) is 3. The van der Waals surface area contributed by atoms with Crippen molar-refractivity contribution < 1.29 is 13.3 Å². The second-order valence-corrected chi connectivity index (χ2v) is 5.57. The van der Waals surface area contributed by atoms with E-state index >= 15 is 0 Å². The topological polar surface area (TPSA) is 140 Å². The third-order valence-corrected chi connectivity index (χ3v) is 3.99. The SMILES string of the molecule is NNc1cc([N+](=O)[O-])ccc1S(=O)(=O)Nc1ccncc1. The van der Waals surface area contributed by atoms with Gasteiger partial charge in [0.15, 0.2) is 0 Å². The van der Waals surface area contributed by atoms with Gasteiger partial charge in [0.25, 0.3) is 15.7 Å². The van der Waals surface area contributed by atoms with Crippen molar-refractivity contribution in [2.45, 2.75) is 4.90 Å². The number of nitro groups is 1. The molecule has 0 spiro atoms. The van der Waals surface area contributed by atoms with Crippen LogP contribution in [0.15, 0.2) is 47.6 Å². The van der Waals surface area contributed by atoms with Crippen LogP contribution in [0.1, 0.15) is 0 Å². The van der Waals surface area contributed by atoms with Gasteiger partial charge in [-0.05, 0) is 18.2 Å². The van der Waals surface area contributed by atoms with Gasteiger partial charge in [0.2, 0.25) is 0 Å². The summed E-state index contributed by atoms with van der Waals surface area (Å²) in [5.74, 6) is 5.23. The Kier molecular flexibility index (Phi) is 4.00. The van der Waals surface area contributed by atoms with Gasteiger partial charge in [-0.2, -0.15) is 0 Å². The van der Waals surface area contributed by atoms with Crippen molar-refractivity contribution in [2.24, 2.45) is 5.84 Å². The maximum absolute atomic E-state index is 12.3. The van der Waals surface area contributed by atoms with E-state index in [0.717, 1.165) is 18.2 Å². The second kappa shape index (κ2) is 5.73. The molecule has 0 aliphatic rings. The lowest BCUT2D eigenvalue weighted by atomic mass is 10.3. The van der Waals surface area contributed by atoms with Gasteiger partial charge in [-0.15, -0.1) is 0 Å². The Balaban J connectivity index is 2.42. The van der Waals surface area contributed by atoms with Crippen molar-refractivity contribution in [1.82, 2.24) is 4.98 Å². The van der Waals surface area contributed by atoms with E-state index in [1.165, 1.54) is 24.5 Å². The smallest absolute Gasteiger partial charge is 0.271 e. The first-order valence-corrected chi connectivity index (χ1v) is 7.10. The van der Waals surface area contributed by atoms with Crippen LogP contribution in [0.4, 0.5) is 17.1 Å². The molecule has 0 amide bonds. The van der Waals surface area contributed by atoms with Crippen LogP contribution in [0, 0.1) is 10.1 Å². The third-order valence-electron chi connectivity index (χ3n) is 2.55. The fourth-order valence-electron chi connectivity index (χ4n) is 1.61. The van der Waals surface area contributed by atoms with Gasteiger partial charge >= 0.3 is 0 Å². The first-order valence-electron chi connectivity index (χ1n) is 5.62. The maximum Gasteiger partial charge on any atom is 0.271 e. The van der Waals surface area contributed by atoms with E-state index in [0.29, 0.717) is 5.69 Å². The minimum atomic E-state index is -3.94. The molecule has 2 aromatic rings. The second-order valence-electron chi connectivity index (χ2n) is 3.92. The zero-order valence-corrected chi connectivity index (χ0v) is 11.4. The largest absolute Gasteiger partial charge is 0.323 e. The Bertz CT molecular complexity index is 763. The van der Waals surface area contributed by atoms with Crippen LogP contribution in [0.5, 0.6) is 0 Å². The van der Waals surface area contributed by atoms with E-state index < -0.39 is 14.9 Å². The van der Waals surface area contributed by atoms with Crippen molar-refractivity contribution in [2.75, 3.05) is 10.1 Å². The Labute approximate surface area is 120 Å². The van der Waals surface area contributed by atoms with Crippen molar-refractivity contribution in [3.8, 4) is 0 Å². The van der Waals surface area contributed by atoms with Crippen molar-refractivity contribution >= 4 is 27.1 Å². The number of non-ortho nitro benzene ring substituents is 1. The minimum absolute atomic E-state index is 0.0780. The van der Waals surface area contributed by atoms with E-state index in [1.807, 2.05) is 0 Å². The third kappa shape index (κ3) is 3.24. The molecule has 0 atom stereocenters. The zero-order valence-electron chi connectivity index (χ0n) is 10.6. The summed E-state index contributed by atoms with van der Waals surface area (Å²) in [6, 6.07) is 6.18. The number of hydrogen-bond acceptors (Lipinski definition) is 7. The molecule has 0 fully saturated rings. The lowest BCUT2D eigenvalue weighted by Gasteiger charge is -2.11. The van der Waals surface area contributed by atoms with Gasteiger partial charge in [-0.3, -0.25) is 25.7 Å². The predicted molar refractivity (Wildman–Crippen MR) is 76.0 cm³/mol. The highest BCUT2D eigenvalue weighted by molar-refractivity contribution is 7.92. The van der Waals surface area contributed by atoms with Crippen LogP contribution in [0.25, 0.3) is 0 Å². The molecule has 1 aromatic carbocycles. The summed E-state index contributed by atoms with van der Waals surface area (Å²) in [6.07, 6.45) is 2.85. The fourth-order valence-corrected chi connectivity index (χ4v) is 2.82. The number of nitrogen functional groups attached to an aromatic ring is 1. The molecule has 0 radical (unpaired) electrons. The van der Waals surface area contributed by atoms with E-state index in [2.05, 4.69) is 15.1 Å². The number of nitro benzene ring substituents is 1. The standard InChI is InChI=1S/C11H11N5O4S/c12-14-10-7-9(16(17)18)1-2-11(10)21(19,20)15-8-3-5-13-6-4-8/h1-7,14H,12H2,(H,13,15). The summed E-state index contributed by atoms with van der Waals surface area (Å²) in [5, 5.41) is 10.7. The molecule has 4 N–H and O–H groups in total. The van der Waals surface area contributed by atoms with Gasteiger partial charge in [0.1, 0.15) is 4.90 Å². The lowest BCUT2D eigenvalue weighted by molar-refractivity contribution is -0.384. The number of nitrogens with one attached hydrogen (secondary N) is 2. The molecule has 2 rings (SSSR count). The number of sulfonamides is 1. The highest BCUT2D eigenvalue weighted by atomic mass is 32.2. The quantitative estimate of drug-likeness (QED) is 0.426. The number of rotatable bonds is 5. The number of hydrazine groups is 1. The lowest BCUT2D eigenvalue weighted by Crippen LogP contribution is -2.17. The number of anilines is 2. The van der Waals surface area contributed by atoms with Crippen molar-refractivity contribution in [3.05, 3.63) is 52.8 Å². The number of nitrogens with zero attached hydrogens (tertiary/aromatic N) is 2. The Morgan fingerprint density at radius 3 is 2.43 bits per heavy atom. The number of nitrogens with two attached hydrogens (primary N) is 1. The molecule has 21 heavy (non-hydrogen) atoms. The Morgan fingerprint density at radius 1 is 1.19 bits per heavy atom. The summed E-state index contributed by atoms with van der Waals surface area (Å²) in [6.45, 7) is 0. The molecule has 1 aromatic heterocycles. The Hall–Kier alpha value is -2.72. The van der Waals surface area contributed by atoms with Crippen LogP contribution in [0.2, 0.25) is 0 Å². The molecule has 0 bridgehead atoms. The Morgan fingerprint density at radius 2 is 1.86 bits per heavy atom. The predicted octanol–water partition coefficient (Wildman–Crippen LogP) is 1.08. The summed E-state index contributed by atoms with van der Waals surface area (Å²) in [5.41, 5.74) is 2.11. The van der Waals surface area contributed by atoms with Gasteiger partial charge in [-0.1, -0.05) is 0 Å². The van der Waals surface area contributed by atoms with Crippen molar-refractivity contribution in [3.63, 3.8) is 0 Å². The molecule has 0 saturated carbocycles. The molecule has 0 aliphatic heterocycles. The van der Waals surface area contributed by atoms with E-state index in [4.69, 9.17) is 5.84 Å². The van der Waals surface area contributed by atoms with Crippen LogP contribution in [0.3, 0.4) is 0 Å². The van der Waals surface area contributed by atoms with Gasteiger partial charge in [0.05, 0.1) is 16.3 Å². The summed E-state index contributed by atoms with van der Waals surface area (Å²) < 4.78 is 26.9. The molecule has 110 valence electrons. The zero-order chi connectivity index (χ0) is 15.5. The van der Waals surface area contributed by atoms with E-state index in [1.54, 1.807) is 0 Å². The molecular formula is C11H11N5O4S. The summed E-state index contributed by atoms with van der Waals surface area (Å²) in [4.78, 5) is 13.6. The molecule has 0 saturated heterocycles. The highest BCUT2D eigenvalue weighted by Crippen LogP contribution is 2.27. The first kappa shape index (κ1) is 14.7. The monoisotopic (exact) mass is 309 g/mol.